The number of rotatable bonds is 12. The lowest BCUT2D eigenvalue weighted by Gasteiger charge is -2.27. The molecule has 0 amide bonds. The van der Waals surface area contributed by atoms with Crippen LogP contribution in [0.15, 0.2) is 78.9 Å². The van der Waals surface area contributed by atoms with Gasteiger partial charge in [0.1, 0.15) is 24.3 Å². The molecule has 1 aromatic heterocycles. The topological polar surface area (TPSA) is 69.0 Å². The molecular formula is C31H33F2N3O4. The Morgan fingerprint density at radius 3 is 2.52 bits per heavy atom. The molecule has 1 saturated heterocycles. The molecule has 1 fully saturated rings. The predicted molar refractivity (Wildman–Crippen MR) is 147 cm³/mol. The maximum absolute atomic E-state index is 14.7. The molecule has 0 radical (unpaired) electrons. The van der Waals surface area contributed by atoms with Crippen LogP contribution < -0.4 is 9.47 Å². The van der Waals surface area contributed by atoms with Crippen molar-refractivity contribution in [3.63, 3.8) is 0 Å². The van der Waals surface area contributed by atoms with Crippen LogP contribution >= 0.6 is 0 Å². The third kappa shape index (κ3) is 7.04. The summed E-state index contributed by atoms with van der Waals surface area (Å²) in [6, 6.07) is 22.0. The Kier molecular flexibility index (Phi) is 9.05. The number of para-hydroxylation sites is 2. The molecule has 1 N–H and O–H groups in total. The number of hydrogen-bond donors (Lipinski definition) is 1. The molecule has 3 aromatic carbocycles. The van der Waals surface area contributed by atoms with Gasteiger partial charge in [-0.1, -0.05) is 36.4 Å². The first-order valence-corrected chi connectivity index (χ1v) is 13.4. The Labute approximate surface area is 232 Å². The van der Waals surface area contributed by atoms with Crippen molar-refractivity contribution in [2.24, 2.45) is 0 Å². The van der Waals surface area contributed by atoms with Gasteiger partial charge in [-0.3, -0.25) is 4.90 Å². The Morgan fingerprint density at radius 1 is 1.07 bits per heavy atom. The van der Waals surface area contributed by atoms with Crippen LogP contribution in [0.4, 0.5) is 8.78 Å². The van der Waals surface area contributed by atoms with Gasteiger partial charge in [-0.05, 0) is 56.2 Å². The summed E-state index contributed by atoms with van der Waals surface area (Å²) in [5.41, 5.74) is 2.15. The minimum atomic E-state index is -0.811. The molecule has 2 atom stereocenters. The molecule has 0 spiro atoms. The van der Waals surface area contributed by atoms with E-state index in [9.17, 15) is 13.9 Å². The molecule has 2 heterocycles. The van der Waals surface area contributed by atoms with Crippen LogP contribution in [0.3, 0.4) is 0 Å². The highest BCUT2D eigenvalue weighted by molar-refractivity contribution is 5.43. The number of aliphatic hydroxyl groups excluding tert-OH is 1. The smallest absolute Gasteiger partial charge is 0.227 e. The third-order valence-electron chi connectivity index (χ3n) is 6.76. The summed E-state index contributed by atoms with van der Waals surface area (Å²) in [7, 11) is 0. The second kappa shape index (κ2) is 13.0. The van der Waals surface area contributed by atoms with Gasteiger partial charge in [0.25, 0.3) is 0 Å². The number of nitrogens with zero attached hydrogens (tertiary/aromatic N) is 3. The van der Waals surface area contributed by atoms with Gasteiger partial charge in [0, 0.05) is 32.3 Å². The first-order chi connectivity index (χ1) is 19.5. The Bertz CT molecular complexity index is 1380. The lowest BCUT2D eigenvalue weighted by molar-refractivity contribution is 0.0310. The van der Waals surface area contributed by atoms with Gasteiger partial charge in [-0.15, -0.1) is 0 Å². The first kappa shape index (κ1) is 27.8. The van der Waals surface area contributed by atoms with Crippen LogP contribution in [0.1, 0.15) is 24.1 Å². The summed E-state index contributed by atoms with van der Waals surface area (Å²) in [6.45, 7) is 3.95. The van der Waals surface area contributed by atoms with E-state index in [0.717, 1.165) is 36.2 Å². The van der Waals surface area contributed by atoms with Crippen molar-refractivity contribution in [3.05, 3.63) is 102 Å². The maximum atomic E-state index is 14.7. The minimum Gasteiger partial charge on any atom is -0.491 e. The number of aryl methyl sites for hydroxylation is 1. The molecule has 0 aliphatic carbocycles. The molecule has 9 heteroatoms. The maximum Gasteiger partial charge on any atom is 0.227 e. The highest BCUT2D eigenvalue weighted by Crippen LogP contribution is 2.33. The first-order valence-electron chi connectivity index (χ1n) is 13.4. The standard InChI is InChI=1S/C31H33F2N3O4/c1-22-28(20-35(19-27-13-8-16-38-27)18-25(37)21-39-26-11-6-3-7-12-26)31(36(34-22)24-9-4-2-5-10-24)40-30-15-14-23(32)17-29(30)33/h2-7,9-12,14-15,17,25,27,37H,8,13,16,18-21H2,1H3. The van der Waals surface area contributed by atoms with E-state index < -0.39 is 17.7 Å². The van der Waals surface area contributed by atoms with Crippen molar-refractivity contribution < 1.29 is 28.1 Å². The zero-order chi connectivity index (χ0) is 27.9. The Hall–Kier alpha value is -3.79. The Morgan fingerprint density at radius 2 is 1.82 bits per heavy atom. The molecule has 1 aliphatic rings. The van der Waals surface area contributed by atoms with Crippen LogP contribution in [0.2, 0.25) is 0 Å². The highest BCUT2D eigenvalue weighted by Gasteiger charge is 2.26. The molecular weight excluding hydrogens is 516 g/mol. The van der Waals surface area contributed by atoms with Crippen LogP contribution in [-0.2, 0) is 11.3 Å². The summed E-state index contributed by atoms with van der Waals surface area (Å²) in [6.07, 6.45) is 1.18. The fourth-order valence-corrected chi connectivity index (χ4v) is 4.79. The average Bonchev–Trinajstić information content (AvgIpc) is 3.58. The van der Waals surface area contributed by atoms with E-state index >= 15 is 0 Å². The summed E-state index contributed by atoms with van der Waals surface area (Å²) in [4.78, 5) is 2.09. The fourth-order valence-electron chi connectivity index (χ4n) is 4.79. The van der Waals surface area contributed by atoms with E-state index in [1.165, 1.54) is 6.07 Å². The van der Waals surface area contributed by atoms with Crippen molar-refractivity contribution in [2.75, 3.05) is 26.3 Å². The van der Waals surface area contributed by atoms with Gasteiger partial charge in [-0.25, -0.2) is 13.5 Å². The molecule has 5 rings (SSSR count). The average molecular weight is 550 g/mol. The predicted octanol–water partition coefficient (Wildman–Crippen LogP) is 5.67. The molecule has 0 bridgehead atoms. The number of hydrogen-bond acceptors (Lipinski definition) is 6. The normalized spacial score (nSPS) is 15.9. The third-order valence-corrected chi connectivity index (χ3v) is 6.76. The van der Waals surface area contributed by atoms with Gasteiger partial charge < -0.3 is 19.3 Å². The van der Waals surface area contributed by atoms with E-state index in [1.54, 1.807) is 4.68 Å². The molecule has 7 nitrogen and oxygen atoms in total. The van der Waals surface area contributed by atoms with Gasteiger partial charge in [0.2, 0.25) is 5.88 Å². The summed E-state index contributed by atoms with van der Waals surface area (Å²) >= 11 is 0. The molecule has 2 unspecified atom stereocenters. The van der Waals surface area contributed by atoms with Crippen molar-refractivity contribution >= 4 is 0 Å². The molecule has 1 aliphatic heterocycles. The van der Waals surface area contributed by atoms with E-state index in [1.807, 2.05) is 67.6 Å². The van der Waals surface area contributed by atoms with Crippen LogP contribution in [-0.4, -0.2) is 58.3 Å². The second-order valence-electron chi connectivity index (χ2n) is 9.90. The SMILES string of the molecule is Cc1nn(-c2ccccc2)c(Oc2ccc(F)cc2F)c1CN(CC(O)COc1ccccc1)CC1CCCO1. The number of aromatic nitrogens is 2. The van der Waals surface area contributed by atoms with Crippen LogP contribution in [0.5, 0.6) is 17.4 Å². The van der Waals surface area contributed by atoms with Gasteiger partial charge >= 0.3 is 0 Å². The van der Waals surface area contributed by atoms with Gasteiger partial charge in [0.15, 0.2) is 11.6 Å². The fraction of sp³-hybridized carbons (Fsp3) is 0.323. The quantitative estimate of drug-likeness (QED) is 0.246. The van der Waals surface area contributed by atoms with E-state index in [-0.39, 0.29) is 18.5 Å². The minimum absolute atomic E-state index is 0.0330. The number of benzene rings is 3. The van der Waals surface area contributed by atoms with Crippen molar-refractivity contribution in [1.29, 1.82) is 0 Å². The Balaban J connectivity index is 1.42. The number of halogens is 2. The van der Waals surface area contributed by atoms with E-state index in [2.05, 4.69) is 4.90 Å². The van der Waals surface area contributed by atoms with Crippen LogP contribution in [0, 0.1) is 18.6 Å². The number of ether oxygens (including phenoxy) is 3. The zero-order valence-electron chi connectivity index (χ0n) is 22.4. The summed E-state index contributed by atoms with van der Waals surface area (Å²) in [5.74, 6) is -0.603. The van der Waals surface area contributed by atoms with Crippen molar-refractivity contribution in [1.82, 2.24) is 14.7 Å². The zero-order valence-corrected chi connectivity index (χ0v) is 22.4. The van der Waals surface area contributed by atoms with Crippen molar-refractivity contribution in [2.45, 2.75) is 38.5 Å². The lowest BCUT2D eigenvalue weighted by Crippen LogP contribution is -2.39. The molecule has 0 saturated carbocycles. The van der Waals surface area contributed by atoms with E-state index in [4.69, 9.17) is 19.3 Å². The lowest BCUT2D eigenvalue weighted by atomic mass is 10.1. The highest BCUT2D eigenvalue weighted by atomic mass is 19.1. The summed E-state index contributed by atoms with van der Waals surface area (Å²) < 4.78 is 47.7. The number of aliphatic hydroxyl groups is 1. The van der Waals surface area contributed by atoms with Crippen molar-refractivity contribution in [3.8, 4) is 23.1 Å². The van der Waals surface area contributed by atoms with Gasteiger partial charge in [-0.2, -0.15) is 5.10 Å². The second-order valence-corrected chi connectivity index (χ2v) is 9.90. The van der Waals surface area contributed by atoms with Gasteiger partial charge in [0.05, 0.1) is 23.0 Å². The molecule has 4 aromatic rings. The largest absolute Gasteiger partial charge is 0.491 e. The monoisotopic (exact) mass is 549 g/mol. The molecule has 210 valence electrons. The molecule has 40 heavy (non-hydrogen) atoms. The van der Waals surface area contributed by atoms with E-state index in [0.29, 0.717) is 43.6 Å². The van der Waals surface area contributed by atoms with Crippen LogP contribution in [0.25, 0.3) is 5.69 Å². The summed E-state index contributed by atoms with van der Waals surface area (Å²) in [5, 5.41) is 15.6.